The molecule has 1 saturated heterocycles. The van der Waals surface area contributed by atoms with Crippen LogP contribution in [0.15, 0.2) is 54.6 Å². The standard InChI is InChI=1S/C17H15NO2S/c1-12-7-9-13(10-8-12)11-15-16(19)18(17(20)21-15)14-5-3-2-4-6-14/h2-10,15H,11H2,1H3. The van der Waals surface area contributed by atoms with Gasteiger partial charge in [0.2, 0.25) is 5.91 Å². The number of hydrogen-bond donors (Lipinski definition) is 0. The lowest BCUT2D eigenvalue weighted by Gasteiger charge is -2.13. The molecule has 1 aliphatic rings. The Labute approximate surface area is 128 Å². The number of anilines is 1. The molecule has 0 spiro atoms. The van der Waals surface area contributed by atoms with Crippen molar-refractivity contribution in [1.82, 2.24) is 0 Å². The first-order valence-corrected chi connectivity index (χ1v) is 7.68. The zero-order chi connectivity index (χ0) is 14.8. The van der Waals surface area contributed by atoms with Crippen LogP contribution < -0.4 is 4.90 Å². The van der Waals surface area contributed by atoms with Crippen molar-refractivity contribution in [3.8, 4) is 0 Å². The highest BCUT2D eigenvalue weighted by atomic mass is 32.2. The molecule has 3 nitrogen and oxygen atoms in total. The van der Waals surface area contributed by atoms with Gasteiger partial charge in [-0.05, 0) is 31.0 Å². The predicted molar refractivity (Wildman–Crippen MR) is 85.6 cm³/mol. The third-order valence-electron chi connectivity index (χ3n) is 3.48. The van der Waals surface area contributed by atoms with Crippen LogP contribution in [0.2, 0.25) is 0 Å². The molecule has 0 bridgehead atoms. The minimum atomic E-state index is -0.333. The second-order valence-electron chi connectivity index (χ2n) is 5.07. The first-order chi connectivity index (χ1) is 10.1. The zero-order valence-electron chi connectivity index (χ0n) is 11.7. The van der Waals surface area contributed by atoms with E-state index in [4.69, 9.17) is 0 Å². The van der Waals surface area contributed by atoms with E-state index in [0.717, 1.165) is 17.3 Å². The zero-order valence-corrected chi connectivity index (χ0v) is 12.5. The minimum absolute atomic E-state index is 0.128. The van der Waals surface area contributed by atoms with Crippen LogP contribution >= 0.6 is 11.8 Å². The summed E-state index contributed by atoms with van der Waals surface area (Å²) >= 11 is 1.11. The van der Waals surface area contributed by atoms with Gasteiger partial charge in [0.1, 0.15) is 0 Å². The van der Waals surface area contributed by atoms with Crippen LogP contribution in [0.25, 0.3) is 0 Å². The minimum Gasteiger partial charge on any atom is -0.273 e. The third-order valence-corrected chi connectivity index (χ3v) is 4.51. The summed E-state index contributed by atoms with van der Waals surface area (Å²) in [6, 6.07) is 17.2. The molecule has 1 fully saturated rings. The van der Waals surface area contributed by atoms with E-state index in [2.05, 4.69) is 0 Å². The number of amides is 2. The monoisotopic (exact) mass is 297 g/mol. The van der Waals surface area contributed by atoms with Crippen molar-refractivity contribution in [2.45, 2.75) is 18.6 Å². The second kappa shape index (κ2) is 5.74. The lowest BCUT2D eigenvalue weighted by Crippen LogP contribution is -2.32. The molecule has 2 aromatic rings. The van der Waals surface area contributed by atoms with Crippen molar-refractivity contribution in [3.05, 3.63) is 65.7 Å². The summed E-state index contributed by atoms with van der Waals surface area (Å²) in [6.45, 7) is 2.03. The molecule has 4 heteroatoms. The Balaban J connectivity index is 1.79. The molecule has 1 heterocycles. The van der Waals surface area contributed by atoms with Gasteiger partial charge in [-0.15, -0.1) is 0 Å². The number of carbonyl (C=O) groups is 2. The van der Waals surface area contributed by atoms with Crippen molar-refractivity contribution < 1.29 is 9.59 Å². The van der Waals surface area contributed by atoms with Gasteiger partial charge < -0.3 is 0 Å². The van der Waals surface area contributed by atoms with Gasteiger partial charge in [0.05, 0.1) is 10.9 Å². The molecule has 21 heavy (non-hydrogen) atoms. The molecule has 2 amide bonds. The number of benzene rings is 2. The van der Waals surface area contributed by atoms with E-state index in [1.54, 1.807) is 12.1 Å². The highest BCUT2D eigenvalue weighted by Crippen LogP contribution is 2.33. The van der Waals surface area contributed by atoms with Gasteiger partial charge in [-0.3, -0.25) is 9.59 Å². The molecule has 3 rings (SSSR count). The summed E-state index contributed by atoms with van der Waals surface area (Å²) in [6.07, 6.45) is 0.582. The van der Waals surface area contributed by atoms with E-state index in [1.165, 1.54) is 10.5 Å². The lowest BCUT2D eigenvalue weighted by atomic mass is 10.1. The Bertz CT molecular complexity index is 667. The van der Waals surface area contributed by atoms with Crippen LogP contribution in [0.4, 0.5) is 10.5 Å². The van der Waals surface area contributed by atoms with E-state index < -0.39 is 0 Å². The molecule has 0 N–H and O–H groups in total. The number of thioether (sulfide) groups is 1. The summed E-state index contributed by atoms with van der Waals surface area (Å²) in [7, 11) is 0. The fourth-order valence-corrected chi connectivity index (χ4v) is 3.36. The molecular formula is C17H15NO2S. The summed E-state index contributed by atoms with van der Waals surface area (Å²) in [5.41, 5.74) is 2.91. The van der Waals surface area contributed by atoms with Gasteiger partial charge in [0.25, 0.3) is 5.24 Å². The lowest BCUT2D eigenvalue weighted by molar-refractivity contribution is -0.117. The Morgan fingerprint density at radius 3 is 2.33 bits per heavy atom. The van der Waals surface area contributed by atoms with Crippen LogP contribution in [0.5, 0.6) is 0 Å². The largest absolute Gasteiger partial charge is 0.293 e. The fraction of sp³-hybridized carbons (Fsp3) is 0.176. The smallest absolute Gasteiger partial charge is 0.273 e. The first-order valence-electron chi connectivity index (χ1n) is 6.80. The molecule has 2 aromatic carbocycles. The number of hydrogen-bond acceptors (Lipinski definition) is 3. The van der Waals surface area contributed by atoms with E-state index in [-0.39, 0.29) is 16.4 Å². The van der Waals surface area contributed by atoms with Gasteiger partial charge in [0.15, 0.2) is 0 Å². The highest BCUT2D eigenvalue weighted by Gasteiger charge is 2.40. The van der Waals surface area contributed by atoms with Crippen molar-refractivity contribution in [2.24, 2.45) is 0 Å². The average Bonchev–Trinajstić information content (AvgIpc) is 2.77. The maximum absolute atomic E-state index is 12.5. The molecule has 0 saturated carbocycles. The fourth-order valence-electron chi connectivity index (χ4n) is 2.34. The van der Waals surface area contributed by atoms with Gasteiger partial charge >= 0.3 is 0 Å². The van der Waals surface area contributed by atoms with Crippen molar-refractivity contribution >= 4 is 28.6 Å². The molecule has 1 aliphatic heterocycles. The maximum Gasteiger partial charge on any atom is 0.293 e. The Morgan fingerprint density at radius 1 is 1.00 bits per heavy atom. The molecular weight excluding hydrogens is 282 g/mol. The van der Waals surface area contributed by atoms with Crippen LogP contribution in [0.1, 0.15) is 11.1 Å². The number of rotatable bonds is 3. The molecule has 0 aromatic heterocycles. The predicted octanol–water partition coefficient (Wildman–Crippen LogP) is 3.81. The SMILES string of the molecule is Cc1ccc(CC2SC(=O)N(c3ccccc3)C2=O)cc1. The Hall–Kier alpha value is -2.07. The molecule has 0 radical (unpaired) electrons. The molecule has 106 valence electrons. The quantitative estimate of drug-likeness (QED) is 0.864. The van der Waals surface area contributed by atoms with Crippen molar-refractivity contribution in [3.63, 3.8) is 0 Å². The summed E-state index contributed by atoms with van der Waals surface area (Å²) < 4.78 is 0. The van der Waals surface area contributed by atoms with Crippen LogP contribution in [0, 0.1) is 6.92 Å². The Kier molecular flexibility index (Phi) is 3.80. The van der Waals surface area contributed by atoms with E-state index in [9.17, 15) is 9.59 Å². The summed E-state index contributed by atoms with van der Waals surface area (Å²) in [5, 5.41) is -0.524. The van der Waals surface area contributed by atoms with Gasteiger partial charge in [0, 0.05) is 0 Å². The number of para-hydroxylation sites is 1. The van der Waals surface area contributed by atoms with Crippen molar-refractivity contribution in [1.29, 1.82) is 0 Å². The van der Waals surface area contributed by atoms with E-state index in [0.29, 0.717) is 12.1 Å². The average molecular weight is 297 g/mol. The van der Waals surface area contributed by atoms with Crippen LogP contribution in [-0.4, -0.2) is 16.4 Å². The van der Waals surface area contributed by atoms with Crippen LogP contribution in [-0.2, 0) is 11.2 Å². The number of nitrogens with zero attached hydrogens (tertiary/aromatic N) is 1. The van der Waals surface area contributed by atoms with Crippen molar-refractivity contribution in [2.75, 3.05) is 4.90 Å². The Morgan fingerprint density at radius 2 is 1.67 bits per heavy atom. The topological polar surface area (TPSA) is 37.4 Å². The van der Waals surface area contributed by atoms with Gasteiger partial charge in [-0.2, -0.15) is 0 Å². The normalized spacial score (nSPS) is 18.3. The van der Waals surface area contributed by atoms with Gasteiger partial charge in [-0.1, -0.05) is 59.8 Å². The van der Waals surface area contributed by atoms with Gasteiger partial charge in [-0.25, -0.2) is 4.90 Å². The summed E-state index contributed by atoms with van der Waals surface area (Å²) in [4.78, 5) is 25.9. The maximum atomic E-state index is 12.5. The first kappa shape index (κ1) is 13.9. The van der Waals surface area contributed by atoms with E-state index in [1.807, 2.05) is 49.4 Å². The molecule has 1 atom stereocenters. The second-order valence-corrected chi connectivity index (χ2v) is 6.23. The summed E-state index contributed by atoms with van der Waals surface area (Å²) in [5.74, 6) is -0.128. The molecule has 0 aliphatic carbocycles. The highest BCUT2D eigenvalue weighted by molar-refractivity contribution is 8.15. The third kappa shape index (κ3) is 2.85. The molecule has 1 unspecified atom stereocenters. The number of aryl methyl sites for hydroxylation is 1. The van der Waals surface area contributed by atoms with E-state index >= 15 is 0 Å². The van der Waals surface area contributed by atoms with Crippen LogP contribution in [0.3, 0.4) is 0 Å². The number of carbonyl (C=O) groups excluding carboxylic acids is 2. The number of imide groups is 1.